The van der Waals surface area contributed by atoms with Gasteiger partial charge < -0.3 is 9.80 Å². The van der Waals surface area contributed by atoms with Crippen LogP contribution in [-0.4, -0.2) is 20.1 Å². The summed E-state index contributed by atoms with van der Waals surface area (Å²) in [6.07, 6.45) is 0. The average molecular weight is 291 g/mol. The molecule has 2 aromatic carbocycles. The Morgan fingerprint density at radius 3 is 2.55 bits per heavy atom. The van der Waals surface area contributed by atoms with Gasteiger partial charge in [-0.15, -0.1) is 11.6 Å². The molecule has 0 atom stereocenters. The minimum atomic E-state index is -0.220. The van der Waals surface area contributed by atoms with Gasteiger partial charge in [0.05, 0.1) is 17.1 Å². The van der Waals surface area contributed by atoms with Crippen LogP contribution in [0.5, 0.6) is 0 Å². The lowest BCUT2D eigenvalue weighted by molar-refractivity contribution is 0.621. The lowest BCUT2D eigenvalue weighted by atomic mass is 10.1. The van der Waals surface area contributed by atoms with Crippen LogP contribution in [0.3, 0.4) is 0 Å². The summed E-state index contributed by atoms with van der Waals surface area (Å²) in [5.41, 5.74) is 3.56. The summed E-state index contributed by atoms with van der Waals surface area (Å²) in [5.74, 6) is 0.0872. The maximum atomic E-state index is 14.3. The molecule has 1 aliphatic rings. The highest BCUT2D eigenvalue weighted by Crippen LogP contribution is 2.39. The molecule has 2 aromatic rings. The number of benzene rings is 2. The van der Waals surface area contributed by atoms with E-state index in [1.807, 2.05) is 29.2 Å². The molecule has 0 unspecified atom stereocenters. The summed E-state index contributed by atoms with van der Waals surface area (Å²) in [7, 11) is 2.06. The molecule has 1 heterocycles. The molecule has 104 valence electrons. The molecule has 0 spiro atoms. The summed E-state index contributed by atoms with van der Waals surface area (Å²) < 4.78 is 14.3. The molecular weight excluding hydrogens is 275 g/mol. The van der Waals surface area contributed by atoms with Crippen molar-refractivity contribution >= 4 is 28.7 Å². The Balaban J connectivity index is 2.15. The number of nitrogens with zero attached hydrogens (tertiary/aromatic N) is 2. The molecule has 20 heavy (non-hydrogen) atoms. The zero-order valence-electron chi connectivity index (χ0n) is 11.3. The van der Waals surface area contributed by atoms with Gasteiger partial charge >= 0.3 is 0 Å². The van der Waals surface area contributed by atoms with Crippen molar-refractivity contribution in [2.45, 2.75) is 5.88 Å². The quantitative estimate of drug-likeness (QED) is 0.767. The largest absolute Gasteiger partial charge is 0.371 e. The summed E-state index contributed by atoms with van der Waals surface area (Å²) in [6.45, 7) is 1.60. The number of alkyl halides is 1. The Labute approximate surface area is 123 Å². The Bertz CT molecular complexity index is 630. The third-order valence-corrected chi connectivity index (χ3v) is 4.01. The van der Waals surface area contributed by atoms with E-state index in [0.29, 0.717) is 11.6 Å². The number of anilines is 3. The Morgan fingerprint density at radius 1 is 1.05 bits per heavy atom. The molecule has 0 amide bonds. The van der Waals surface area contributed by atoms with E-state index in [9.17, 15) is 4.39 Å². The maximum Gasteiger partial charge on any atom is 0.147 e. The predicted octanol–water partition coefficient (Wildman–Crippen LogP) is 4.15. The van der Waals surface area contributed by atoms with Crippen LogP contribution < -0.4 is 9.80 Å². The second kappa shape index (κ2) is 5.33. The molecule has 0 N–H and O–H groups in total. The molecule has 0 aromatic heterocycles. The molecule has 0 aliphatic carbocycles. The average Bonchev–Trinajstić information content (AvgIpc) is 2.48. The van der Waals surface area contributed by atoms with Crippen molar-refractivity contribution in [2.24, 2.45) is 0 Å². The number of rotatable bonds is 2. The molecule has 2 nitrogen and oxygen atoms in total. The van der Waals surface area contributed by atoms with E-state index in [1.54, 1.807) is 6.07 Å². The first-order chi connectivity index (χ1) is 9.72. The van der Waals surface area contributed by atoms with Crippen LogP contribution >= 0.6 is 11.6 Å². The zero-order chi connectivity index (χ0) is 14.1. The first-order valence-corrected chi connectivity index (χ1v) is 7.17. The van der Waals surface area contributed by atoms with Crippen LogP contribution in [0.25, 0.3) is 0 Å². The lowest BCUT2D eigenvalue weighted by Crippen LogP contribution is -2.37. The summed E-state index contributed by atoms with van der Waals surface area (Å²) in [6, 6.07) is 13.1. The number of halogens is 2. The summed E-state index contributed by atoms with van der Waals surface area (Å²) in [5, 5.41) is 0. The van der Waals surface area contributed by atoms with Gasteiger partial charge in [-0.1, -0.05) is 24.3 Å². The van der Waals surface area contributed by atoms with Gasteiger partial charge in [-0.3, -0.25) is 0 Å². The van der Waals surface area contributed by atoms with Gasteiger partial charge in [0.2, 0.25) is 0 Å². The fourth-order valence-corrected chi connectivity index (χ4v) is 2.92. The Morgan fingerprint density at radius 2 is 1.80 bits per heavy atom. The minimum Gasteiger partial charge on any atom is -0.371 e. The molecule has 3 rings (SSSR count). The lowest BCUT2D eigenvalue weighted by Gasteiger charge is -2.37. The van der Waals surface area contributed by atoms with E-state index in [0.717, 1.165) is 30.0 Å². The Hall–Kier alpha value is -1.74. The first-order valence-electron chi connectivity index (χ1n) is 6.63. The SMILES string of the molecule is CN1CCN(c2c(F)cccc2CCl)c2ccccc21. The molecule has 1 aliphatic heterocycles. The first kappa shape index (κ1) is 13.3. The molecule has 0 fully saturated rings. The third kappa shape index (κ3) is 2.12. The van der Waals surface area contributed by atoms with Crippen LogP contribution in [-0.2, 0) is 5.88 Å². The number of likely N-dealkylation sites (N-methyl/N-ethyl adjacent to an activating group) is 1. The van der Waals surface area contributed by atoms with Crippen molar-refractivity contribution in [3.05, 3.63) is 53.8 Å². The molecular formula is C16H16ClFN2. The van der Waals surface area contributed by atoms with Gasteiger partial charge in [-0.2, -0.15) is 0 Å². The van der Waals surface area contributed by atoms with Crippen molar-refractivity contribution < 1.29 is 4.39 Å². The van der Waals surface area contributed by atoms with Crippen molar-refractivity contribution in [1.29, 1.82) is 0 Å². The van der Waals surface area contributed by atoms with Crippen molar-refractivity contribution in [3.63, 3.8) is 0 Å². The van der Waals surface area contributed by atoms with Gasteiger partial charge in [-0.25, -0.2) is 4.39 Å². The topological polar surface area (TPSA) is 6.48 Å². The molecule has 0 radical (unpaired) electrons. The monoisotopic (exact) mass is 290 g/mol. The van der Waals surface area contributed by atoms with Crippen LogP contribution in [0.1, 0.15) is 5.56 Å². The van der Waals surface area contributed by atoms with Crippen molar-refractivity contribution in [2.75, 3.05) is 29.9 Å². The second-order valence-corrected chi connectivity index (χ2v) is 5.21. The van der Waals surface area contributed by atoms with Gasteiger partial charge in [0.15, 0.2) is 0 Å². The molecule has 0 bridgehead atoms. The summed E-state index contributed by atoms with van der Waals surface area (Å²) in [4.78, 5) is 4.22. The van der Waals surface area contributed by atoms with Gasteiger partial charge in [0.1, 0.15) is 5.82 Å². The number of fused-ring (bicyclic) bond motifs is 1. The predicted molar refractivity (Wildman–Crippen MR) is 82.7 cm³/mol. The van der Waals surface area contributed by atoms with E-state index in [4.69, 9.17) is 11.6 Å². The van der Waals surface area contributed by atoms with E-state index in [2.05, 4.69) is 18.0 Å². The highest BCUT2D eigenvalue weighted by Gasteiger charge is 2.24. The third-order valence-electron chi connectivity index (χ3n) is 3.73. The van der Waals surface area contributed by atoms with Gasteiger partial charge in [0, 0.05) is 26.0 Å². The minimum absolute atomic E-state index is 0.220. The van der Waals surface area contributed by atoms with E-state index >= 15 is 0 Å². The highest BCUT2D eigenvalue weighted by atomic mass is 35.5. The molecule has 0 saturated carbocycles. The van der Waals surface area contributed by atoms with Crippen LogP contribution in [0.2, 0.25) is 0 Å². The van der Waals surface area contributed by atoms with Crippen LogP contribution in [0.4, 0.5) is 21.5 Å². The fourth-order valence-electron chi connectivity index (χ4n) is 2.71. The van der Waals surface area contributed by atoms with Crippen LogP contribution in [0, 0.1) is 5.82 Å². The van der Waals surface area contributed by atoms with Crippen molar-refractivity contribution in [1.82, 2.24) is 0 Å². The summed E-state index contributed by atoms with van der Waals surface area (Å²) >= 11 is 5.98. The normalized spacial score (nSPS) is 14.3. The van der Waals surface area contributed by atoms with Crippen LogP contribution in [0.15, 0.2) is 42.5 Å². The fraction of sp³-hybridized carbons (Fsp3) is 0.250. The number of hydrogen-bond acceptors (Lipinski definition) is 2. The molecule has 4 heteroatoms. The smallest absolute Gasteiger partial charge is 0.147 e. The van der Waals surface area contributed by atoms with Gasteiger partial charge in [-0.05, 0) is 23.8 Å². The van der Waals surface area contributed by atoms with E-state index < -0.39 is 0 Å². The number of para-hydroxylation sites is 3. The standard InChI is InChI=1S/C16H16ClFN2/c1-19-9-10-20(15-8-3-2-7-14(15)19)16-12(11-17)5-4-6-13(16)18/h2-8H,9-11H2,1H3. The van der Waals surface area contributed by atoms with E-state index in [1.165, 1.54) is 6.07 Å². The van der Waals surface area contributed by atoms with Crippen molar-refractivity contribution in [3.8, 4) is 0 Å². The van der Waals surface area contributed by atoms with Gasteiger partial charge in [0.25, 0.3) is 0 Å². The maximum absolute atomic E-state index is 14.3. The highest BCUT2D eigenvalue weighted by molar-refractivity contribution is 6.17. The van der Waals surface area contributed by atoms with E-state index in [-0.39, 0.29) is 5.82 Å². The number of hydrogen-bond donors (Lipinski definition) is 0. The molecule has 0 saturated heterocycles. The Kier molecular flexibility index (Phi) is 3.53. The second-order valence-electron chi connectivity index (χ2n) is 4.94. The zero-order valence-corrected chi connectivity index (χ0v) is 12.1.